The Balaban J connectivity index is 3.09. The Kier molecular flexibility index (Phi) is 5.03. The van der Waals surface area contributed by atoms with E-state index in [1.165, 1.54) is 12.1 Å². The number of hydrogen-bond donors (Lipinski definition) is 2. The first-order valence-corrected chi connectivity index (χ1v) is 6.03. The number of nitro groups is 1. The van der Waals surface area contributed by atoms with Crippen molar-refractivity contribution in [2.75, 3.05) is 5.32 Å². The van der Waals surface area contributed by atoms with Gasteiger partial charge in [-0.1, -0.05) is 13.8 Å². The molecule has 0 saturated carbocycles. The van der Waals surface area contributed by atoms with Crippen molar-refractivity contribution in [1.29, 1.82) is 5.26 Å². The molecule has 1 unspecified atom stereocenters. The Morgan fingerprint density at radius 3 is 2.65 bits per heavy atom. The Bertz CT molecular complexity index is 563. The lowest BCUT2D eigenvalue weighted by Crippen LogP contribution is -2.31. The van der Waals surface area contributed by atoms with Crippen LogP contribution in [-0.4, -0.2) is 22.0 Å². The van der Waals surface area contributed by atoms with Crippen LogP contribution in [0.5, 0.6) is 0 Å². The molecule has 0 aromatic heterocycles. The van der Waals surface area contributed by atoms with Crippen LogP contribution in [0.3, 0.4) is 0 Å². The molecule has 7 nitrogen and oxygen atoms in total. The maximum atomic E-state index is 11.2. The second-order valence-corrected chi connectivity index (χ2v) is 4.77. The van der Waals surface area contributed by atoms with Gasteiger partial charge in [-0.15, -0.1) is 0 Å². The molecule has 0 bridgehead atoms. The quantitative estimate of drug-likeness (QED) is 0.609. The molecule has 0 aliphatic heterocycles. The fraction of sp³-hybridized carbons (Fsp3) is 0.385. The van der Waals surface area contributed by atoms with Crippen molar-refractivity contribution in [3.63, 3.8) is 0 Å². The zero-order chi connectivity index (χ0) is 15.3. The molecule has 106 valence electrons. The molecule has 2 N–H and O–H groups in total. The molecular weight excluding hydrogens is 262 g/mol. The molecular formula is C13H15N3O4. The van der Waals surface area contributed by atoms with Crippen molar-refractivity contribution in [2.24, 2.45) is 5.92 Å². The lowest BCUT2D eigenvalue weighted by Gasteiger charge is -2.17. The summed E-state index contributed by atoms with van der Waals surface area (Å²) in [6.07, 6.45) is 0.340. The van der Waals surface area contributed by atoms with Crippen molar-refractivity contribution >= 4 is 17.3 Å². The van der Waals surface area contributed by atoms with Crippen LogP contribution >= 0.6 is 0 Å². The van der Waals surface area contributed by atoms with E-state index in [1.807, 2.05) is 19.9 Å². The van der Waals surface area contributed by atoms with E-state index in [4.69, 9.17) is 10.4 Å². The van der Waals surface area contributed by atoms with E-state index in [-0.39, 0.29) is 22.9 Å². The summed E-state index contributed by atoms with van der Waals surface area (Å²) >= 11 is 0. The van der Waals surface area contributed by atoms with Crippen LogP contribution in [0.15, 0.2) is 18.2 Å². The molecule has 0 aliphatic rings. The minimum Gasteiger partial charge on any atom is -0.480 e. The highest BCUT2D eigenvalue weighted by Gasteiger charge is 2.23. The van der Waals surface area contributed by atoms with Gasteiger partial charge in [0.1, 0.15) is 11.7 Å². The fourth-order valence-electron chi connectivity index (χ4n) is 1.75. The number of nitriles is 1. The van der Waals surface area contributed by atoms with E-state index in [0.29, 0.717) is 6.42 Å². The van der Waals surface area contributed by atoms with Crippen molar-refractivity contribution in [3.8, 4) is 6.07 Å². The van der Waals surface area contributed by atoms with Gasteiger partial charge in [0.05, 0.1) is 16.6 Å². The molecule has 0 heterocycles. The van der Waals surface area contributed by atoms with Gasteiger partial charge in [-0.3, -0.25) is 10.1 Å². The number of anilines is 1. The van der Waals surface area contributed by atoms with Crippen LogP contribution in [0, 0.1) is 27.4 Å². The van der Waals surface area contributed by atoms with Gasteiger partial charge in [-0.2, -0.15) is 5.26 Å². The molecule has 1 aromatic rings. The molecule has 0 saturated heterocycles. The van der Waals surface area contributed by atoms with Crippen molar-refractivity contribution in [1.82, 2.24) is 0 Å². The third-order valence-electron chi connectivity index (χ3n) is 2.66. The summed E-state index contributed by atoms with van der Waals surface area (Å²) in [6.45, 7) is 3.73. The van der Waals surface area contributed by atoms with Crippen LogP contribution in [0.1, 0.15) is 25.8 Å². The third-order valence-corrected chi connectivity index (χ3v) is 2.66. The largest absolute Gasteiger partial charge is 0.480 e. The Morgan fingerprint density at radius 1 is 1.55 bits per heavy atom. The zero-order valence-electron chi connectivity index (χ0n) is 11.2. The molecule has 0 aliphatic carbocycles. The molecule has 0 spiro atoms. The number of carboxylic acid groups (broad SMARTS) is 1. The fourth-order valence-corrected chi connectivity index (χ4v) is 1.75. The van der Waals surface area contributed by atoms with E-state index in [2.05, 4.69) is 5.32 Å². The van der Waals surface area contributed by atoms with Crippen molar-refractivity contribution in [3.05, 3.63) is 33.9 Å². The lowest BCUT2D eigenvalue weighted by molar-refractivity contribution is -0.384. The van der Waals surface area contributed by atoms with E-state index < -0.39 is 16.9 Å². The molecule has 20 heavy (non-hydrogen) atoms. The second-order valence-electron chi connectivity index (χ2n) is 4.77. The number of benzene rings is 1. The van der Waals surface area contributed by atoms with Gasteiger partial charge in [-0.05, 0) is 24.5 Å². The van der Waals surface area contributed by atoms with Gasteiger partial charge >= 0.3 is 5.97 Å². The smallest absolute Gasteiger partial charge is 0.326 e. The monoisotopic (exact) mass is 277 g/mol. The van der Waals surface area contributed by atoms with Crippen LogP contribution in [-0.2, 0) is 4.79 Å². The highest BCUT2D eigenvalue weighted by atomic mass is 16.6. The van der Waals surface area contributed by atoms with Gasteiger partial charge in [-0.25, -0.2) is 4.79 Å². The first-order chi connectivity index (χ1) is 9.35. The number of nitrogens with one attached hydrogen (secondary N) is 1. The summed E-state index contributed by atoms with van der Waals surface area (Å²) in [7, 11) is 0. The minimum atomic E-state index is -1.07. The predicted molar refractivity (Wildman–Crippen MR) is 72.3 cm³/mol. The zero-order valence-corrected chi connectivity index (χ0v) is 11.2. The maximum Gasteiger partial charge on any atom is 0.326 e. The maximum absolute atomic E-state index is 11.2. The molecule has 7 heteroatoms. The highest BCUT2D eigenvalue weighted by molar-refractivity contribution is 5.79. The summed E-state index contributed by atoms with van der Waals surface area (Å²) in [4.78, 5) is 21.5. The normalized spacial score (nSPS) is 11.7. The van der Waals surface area contributed by atoms with E-state index >= 15 is 0 Å². The van der Waals surface area contributed by atoms with Crippen LogP contribution in [0.2, 0.25) is 0 Å². The van der Waals surface area contributed by atoms with Gasteiger partial charge in [0.15, 0.2) is 0 Å². The van der Waals surface area contributed by atoms with E-state index in [0.717, 1.165) is 6.07 Å². The molecule has 0 amide bonds. The number of carboxylic acids is 1. The summed E-state index contributed by atoms with van der Waals surface area (Å²) in [5.74, 6) is -0.946. The van der Waals surface area contributed by atoms with Crippen molar-refractivity contribution < 1.29 is 14.8 Å². The number of rotatable bonds is 6. The van der Waals surface area contributed by atoms with Crippen LogP contribution < -0.4 is 5.32 Å². The number of carbonyl (C=O) groups is 1. The second kappa shape index (κ2) is 6.52. The van der Waals surface area contributed by atoms with Gasteiger partial charge in [0.2, 0.25) is 0 Å². The predicted octanol–water partition coefficient (Wildman–Crippen LogP) is 2.38. The van der Waals surface area contributed by atoms with Crippen LogP contribution in [0.25, 0.3) is 0 Å². The SMILES string of the molecule is CC(C)CC(Nc1ccc(C#N)cc1[N+](=O)[O-])C(=O)O. The topological polar surface area (TPSA) is 116 Å². The third kappa shape index (κ3) is 3.95. The summed E-state index contributed by atoms with van der Waals surface area (Å²) in [6, 6.07) is 4.78. The van der Waals surface area contributed by atoms with E-state index in [9.17, 15) is 14.9 Å². The number of aliphatic carboxylic acids is 1. The molecule has 1 aromatic carbocycles. The van der Waals surface area contributed by atoms with E-state index in [1.54, 1.807) is 0 Å². The standard InChI is InChI=1S/C13H15N3O4/c1-8(2)5-11(13(17)18)15-10-4-3-9(7-14)6-12(10)16(19)20/h3-4,6,8,11,15H,5H2,1-2H3,(H,17,18). The number of hydrogen-bond acceptors (Lipinski definition) is 5. The number of nitrogens with zero attached hydrogens (tertiary/aromatic N) is 2. The molecule has 1 atom stereocenters. The highest BCUT2D eigenvalue weighted by Crippen LogP contribution is 2.27. The molecule has 1 rings (SSSR count). The Hall–Kier alpha value is -2.62. The first kappa shape index (κ1) is 15.4. The minimum absolute atomic E-state index is 0.0991. The first-order valence-electron chi connectivity index (χ1n) is 6.03. The number of nitro benzene ring substituents is 1. The van der Waals surface area contributed by atoms with Gasteiger partial charge < -0.3 is 10.4 Å². The lowest BCUT2D eigenvalue weighted by atomic mass is 10.0. The Morgan fingerprint density at radius 2 is 2.20 bits per heavy atom. The van der Waals surface area contributed by atoms with Gasteiger partial charge in [0.25, 0.3) is 5.69 Å². The summed E-state index contributed by atoms with van der Waals surface area (Å²) < 4.78 is 0. The molecule has 0 radical (unpaired) electrons. The molecule has 0 fully saturated rings. The van der Waals surface area contributed by atoms with Crippen molar-refractivity contribution in [2.45, 2.75) is 26.3 Å². The summed E-state index contributed by atoms with van der Waals surface area (Å²) in [5, 5.41) is 31.5. The average Bonchev–Trinajstić information content (AvgIpc) is 2.37. The average molecular weight is 277 g/mol. The summed E-state index contributed by atoms with van der Waals surface area (Å²) in [5.41, 5.74) is -0.0564. The van der Waals surface area contributed by atoms with Gasteiger partial charge in [0, 0.05) is 6.07 Å². The Labute approximate surface area is 116 Å². The van der Waals surface area contributed by atoms with Crippen LogP contribution in [0.4, 0.5) is 11.4 Å².